The second-order valence-electron chi connectivity index (χ2n) is 4.56. The van der Waals surface area contributed by atoms with Crippen molar-refractivity contribution >= 4 is 17.3 Å². The summed E-state index contributed by atoms with van der Waals surface area (Å²) in [6.45, 7) is 4.45. The number of halogens is 1. The van der Waals surface area contributed by atoms with Crippen LogP contribution in [-0.2, 0) is 0 Å². The van der Waals surface area contributed by atoms with Crippen LogP contribution in [0.2, 0.25) is 5.02 Å². The van der Waals surface area contributed by atoms with Gasteiger partial charge in [0.1, 0.15) is 0 Å². The van der Waals surface area contributed by atoms with Crippen molar-refractivity contribution in [1.29, 1.82) is 0 Å². The maximum atomic E-state index is 5.94. The molecule has 0 spiro atoms. The van der Waals surface area contributed by atoms with E-state index in [1.807, 2.05) is 12.1 Å². The first kappa shape index (κ1) is 12.5. The van der Waals surface area contributed by atoms with Crippen LogP contribution in [-0.4, -0.2) is 30.2 Å². The van der Waals surface area contributed by atoms with Crippen LogP contribution in [0, 0.1) is 0 Å². The smallest absolute Gasteiger partial charge is 0.0596 e. The number of nitrogens with zero attached hydrogens (tertiary/aromatic N) is 2. The summed E-state index contributed by atoms with van der Waals surface area (Å²) in [6.07, 6.45) is 1.13. The molecule has 0 bridgehead atoms. The lowest BCUT2D eigenvalue weighted by atomic mass is 10.0. The Morgan fingerprint density at radius 3 is 2.24 bits per heavy atom. The molecule has 1 atom stereocenters. The highest BCUT2D eigenvalue weighted by molar-refractivity contribution is 6.30. The van der Waals surface area contributed by atoms with Gasteiger partial charge in [-0.1, -0.05) is 30.7 Å². The van der Waals surface area contributed by atoms with Gasteiger partial charge in [0.2, 0.25) is 0 Å². The largest absolute Gasteiger partial charge is 0.308 e. The number of hydrazine groups is 1. The summed E-state index contributed by atoms with van der Waals surface area (Å²) < 4.78 is 0. The van der Waals surface area contributed by atoms with Gasteiger partial charge < -0.3 is 5.01 Å². The third-order valence-corrected chi connectivity index (χ3v) is 3.88. The minimum Gasteiger partial charge on any atom is -0.308 e. The normalized spacial score (nSPS) is 21.5. The molecule has 92 valence electrons. The lowest BCUT2D eigenvalue weighted by Crippen LogP contribution is -2.36. The van der Waals surface area contributed by atoms with Gasteiger partial charge >= 0.3 is 0 Å². The molecule has 0 saturated heterocycles. The van der Waals surface area contributed by atoms with Gasteiger partial charge in [0.15, 0.2) is 0 Å². The van der Waals surface area contributed by atoms with Gasteiger partial charge in [-0.15, -0.1) is 0 Å². The molecule has 17 heavy (non-hydrogen) atoms. The summed E-state index contributed by atoms with van der Waals surface area (Å²) in [5.41, 5.74) is 3.97. The summed E-state index contributed by atoms with van der Waals surface area (Å²) in [5, 5.41) is 5.31. The lowest BCUT2D eigenvalue weighted by Gasteiger charge is -2.28. The van der Waals surface area contributed by atoms with Crippen LogP contribution in [0.25, 0.3) is 5.70 Å². The van der Waals surface area contributed by atoms with Crippen molar-refractivity contribution in [3.05, 3.63) is 40.4 Å². The van der Waals surface area contributed by atoms with Gasteiger partial charge in [-0.3, -0.25) is 0 Å². The fourth-order valence-corrected chi connectivity index (χ4v) is 2.78. The van der Waals surface area contributed by atoms with Crippen molar-refractivity contribution in [2.75, 3.05) is 14.1 Å². The molecule has 1 aromatic carbocycles. The van der Waals surface area contributed by atoms with Gasteiger partial charge in [-0.2, -0.15) is 0 Å². The van der Waals surface area contributed by atoms with E-state index in [-0.39, 0.29) is 0 Å². The lowest BCUT2D eigenvalue weighted by molar-refractivity contribution is 0.0792. The Morgan fingerprint density at radius 2 is 1.76 bits per heavy atom. The van der Waals surface area contributed by atoms with Crippen molar-refractivity contribution in [2.45, 2.75) is 26.3 Å². The van der Waals surface area contributed by atoms with Crippen molar-refractivity contribution < 1.29 is 0 Å². The number of benzene rings is 1. The van der Waals surface area contributed by atoms with E-state index in [4.69, 9.17) is 11.6 Å². The van der Waals surface area contributed by atoms with Crippen LogP contribution >= 0.6 is 11.6 Å². The second kappa shape index (κ2) is 4.71. The topological polar surface area (TPSA) is 6.48 Å². The van der Waals surface area contributed by atoms with Crippen LogP contribution in [0.1, 0.15) is 25.8 Å². The minimum absolute atomic E-state index is 0.505. The van der Waals surface area contributed by atoms with Crippen LogP contribution in [0.15, 0.2) is 29.8 Å². The predicted molar refractivity (Wildman–Crippen MR) is 73.7 cm³/mol. The molecule has 0 saturated carbocycles. The minimum atomic E-state index is 0.505. The molecule has 1 aromatic rings. The highest BCUT2D eigenvalue weighted by Crippen LogP contribution is 2.34. The molecule has 0 fully saturated rings. The summed E-state index contributed by atoms with van der Waals surface area (Å²) in [5.74, 6) is 0. The van der Waals surface area contributed by atoms with Crippen molar-refractivity contribution in [1.82, 2.24) is 10.0 Å². The molecule has 1 heterocycles. The molecular formula is C14H19ClN2. The van der Waals surface area contributed by atoms with Gasteiger partial charge in [-0.05, 0) is 36.6 Å². The fourth-order valence-electron chi connectivity index (χ4n) is 2.65. The Kier molecular flexibility index (Phi) is 3.45. The zero-order valence-corrected chi connectivity index (χ0v) is 11.6. The third-order valence-electron chi connectivity index (χ3n) is 3.63. The molecular weight excluding hydrogens is 232 g/mol. The van der Waals surface area contributed by atoms with Gasteiger partial charge in [-0.25, -0.2) is 5.01 Å². The summed E-state index contributed by atoms with van der Waals surface area (Å²) in [4.78, 5) is 0. The molecule has 0 N–H and O–H groups in total. The highest BCUT2D eigenvalue weighted by atomic mass is 35.5. The van der Waals surface area contributed by atoms with Crippen molar-refractivity contribution in [3.8, 4) is 0 Å². The molecule has 2 nitrogen and oxygen atoms in total. The molecule has 1 aliphatic heterocycles. The molecule has 1 aliphatic rings. The quantitative estimate of drug-likeness (QED) is 0.791. The first-order valence-electron chi connectivity index (χ1n) is 5.99. The van der Waals surface area contributed by atoms with Gasteiger partial charge in [0.05, 0.1) is 11.7 Å². The first-order chi connectivity index (χ1) is 8.06. The Hall–Kier alpha value is -0.990. The average molecular weight is 251 g/mol. The number of hydrogen-bond donors (Lipinski definition) is 0. The average Bonchev–Trinajstić information content (AvgIpc) is 2.52. The fraction of sp³-hybridized carbons (Fsp3) is 0.429. The second-order valence-corrected chi connectivity index (χ2v) is 5.00. The molecule has 0 radical (unpaired) electrons. The van der Waals surface area contributed by atoms with E-state index in [0.717, 1.165) is 11.4 Å². The predicted octanol–water partition coefficient (Wildman–Crippen LogP) is 3.64. The Morgan fingerprint density at radius 1 is 1.18 bits per heavy atom. The standard InChI is InChI=1S/C14H19ClN2/c1-5-13-10(2)14(17(4)16(13)3)11-6-8-12(15)9-7-11/h6-9,13H,5H2,1-4H3. The van der Waals surface area contributed by atoms with E-state index in [0.29, 0.717) is 6.04 Å². The zero-order chi connectivity index (χ0) is 12.6. The Labute approximate surface area is 108 Å². The van der Waals surface area contributed by atoms with Crippen molar-refractivity contribution in [3.63, 3.8) is 0 Å². The number of hydrogen-bond acceptors (Lipinski definition) is 2. The Balaban J connectivity index is 2.43. The molecule has 0 aliphatic carbocycles. The van der Waals surface area contributed by atoms with E-state index < -0.39 is 0 Å². The van der Waals surface area contributed by atoms with Crippen LogP contribution in [0.3, 0.4) is 0 Å². The molecule has 0 aromatic heterocycles. The van der Waals surface area contributed by atoms with E-state index in [1.165, 1.54) is 16.8 Å². The summed E-state index contributed by atoms with van der Waals surface area (Å²) in [6, 6.07) is 8.58. The molecule has 2 rings (SSSR count). The highest BCUT2D eigenvalue weighted by Gasteiger charge is 2.30. The first-order valence-corrected chi connectivity index (χ1v) is 6.37. The van der Waals surface area contributed by atoms with Crippen LogP contribution in [0.4, 0.5) is 0 Å². The summed E-state index contributed by atoms with van der Waals surface area (Å²) >= 11 is 5.94. The molecule has 0 amide bonds. The molecule has 3 heteroatoms. The maximum absolute atomic E-state index is 5.94. The van der Waals surface area contributed by atoms with E-state index in [9.17, 15) is 0 Å². The third kappa shape index (κ3) is 2.07. The van der Waals surface area contributed by atoms with E-state index in [1.54, 1.807) is 0 Å². The van der Waals surface area contributed by atoms with E-state index >= 15 is 0 Å². The summed E-state index contributed by atoms with van der Waals surface area (Å²) in [7, 11) is 4.25. The van der Waals surface area contributed by atoms with E-state index in [2.05, 4.69) is 50.1 Å². The number of likely N-dealkylation sites (N-methyl/N-ethyl adjacent to an activating group) is 1. The van der Waals surface area contributed by atoms with Crippen LogP contribution < -0.4 is 0 Å². The monoisotopic (exact) mass is 250 g/mol. The van der Waals surface area contributed by atoms with Crippen molar-refractivity contribution in [2.24, 2.45) is 0 Å². The molecule has 1 unspecified atom stereocenters. The Bertz CT molecular complexity index is 436. The zero-order valence-electron chi connectivity index (χ0n) is 10.9. The maximum Gasteiger partial charge on any atom is 0.0596 e. The van der Waals surface area contributed by atoms with Gasteiger partial charge in [0.25, 0.3) is 0 Å². The van der Waals surface area contributed by atoms with Gasteiger partial charge in [0, 0.05) is 19.1 Å². The van der Waals surface area contributed by atoms with Crippen LogP contribution in [0.5, 0.6) is 0 Å². The number of rotatable bonds is 2. The SMILES string of the molecule is CCC1C(C)=C(c2ccc(Cl)cc2)N(C)N1C.